The summed E-state index contributed by atoms with van der Waals surface area (Å²) in [6, 6.07) is -0.338. The minimum Gasteiger partial charge on any atom is -0.461 e. The van der Waals surface area contributed by atoms with E-state index >= 15 is 0 Å². The number of ether oxygens (including phenoxy) is 1. The summed E-state index contributed by atoms with van der Waals surface area (Å²) in [5.41, 5.74) is 2.85. The second-order valence-electron chi connectivity index (χ2n) is 6.84. The van der Waals surface area contributed by atoms with E-state index in [9.17, 15) is 4.79 Å². The molecule has 1 atom stereocenters. The van der Waals surface area contributed by atoms with Gasteiger partial charge in [-0.1, -0.05) is 0 Å². The maximum absolute atomic E-state index is 12.4. The molecule has 0 spiro atoms. The molecule has 0 aromatic rings. The average Bonchev–Trinajstić information content (AvgIpc) is 3.06. The van der Waals surface area contributed by atoms with Gasteiger partial charge in [0.15, 0.2) is 0 Å². The Hall–Kier alpha value is -0.690. The normalized spacial score (nSPS) is 22.3. The van der Waals surface area contributed by atoms with Gasteiger partial charge >= 0.3 is 5.97 Å². The lowest BCUT2D eigenvalue weighted by atomic mass is 9.90. The van der Waals surface area contributed by atoms with E-state index in [1.807, 2.05) is 7.05 Å². The minimum atomic E-state index is -0.338. The molecule has 23 heavy (non-hydrogen) atoms. The SMILES string of the molecule is CNCCN1CCC(CC(NOC)C(=O)OC2CCCC2)CC1. The molecule has 1 heterocycles. The van der Waals surface area contributed by atoms with Gasteiger partial charge in [-0.05, 0) is 71.0 Å². The van der Waals surface area contributed by atoms with E-state index in [2.05, 4.69) is 15.7 Å². The van der Waals surface area contributed by atoms with Crippen LogP contribution in [0.25, 0.3) is 0 Å². The minimum absolute atomic E-state index is 0.118. The van der Waals surface area contributed by atoms with Gasteiger partial charge in [0, 0.05) is 13.1 Å². The van der Waals surface area contributed by atoms with Gasteiger partial charge in [-0.2, -0.15) is 5.48 Å². The Morgan fingerprint density at radius 3 is 2.52 bits per heavy atom. The van der Waals surface area contributed by atoms with Crippen molar-refractivity contribution in [3.63, 3.8) is 0 Å². The van der Waals surface area contributed by atoms with Crippen LogP contribution in [0, 0.1) is 5.92 Å². The monoisotopic (exact) mass is 327 g/mol. The molecule has 1 unspecified atom stereocenters. The molecule has 0 amide bonds. The number of hydroxylamine groups is 1. The van der Waals surface area contributed by atoms with Crippen molar-refractivity contribution in [1.29, 1.82) is 0 Å². The van der Waals surface area contributed by atoms with E-state index in [4.69, 9.17) is 9.57 Å². The van der Waals surface area contributed by atoms with Crippen molar-refractivity contribution in [2.75, 3.05) is 40.3 Å². The molecule has 2 fully saturated rings. The van der Waals surface area contributed by atoms with E-state index < -0.39 is 0 Å². The molecule has 2 N–H and O–H groups in total. The van der Waals surface area contributed by atoms with Crippen molar-refractivity contribution in [3.8, 4) is 0 Å². The molecule has 6 heteroatoms. The third-order valence-electron chi connectivity index (χ3n) is 5.08. The number of rotatable bonds is 9. The lowest BCUT2D eigenvalue weighted by Gasteiger charge is -2.33. The van der Waals surface area contributed by atoms with Gasteiger partial charge < -0.3 is 19.8 Å². The molecule has 0 radical (unpaired) electrons. The number of nitrogens with zero attached hydrogens (tertiary/aromatic N) is 1. The van der Waals surface area contributed by atoms with Gasteiger partial charge in [0.05, 0.1) is 7.11 Å². The van der Waals surface area contributed by atoms with Crippen LogP contribution in [-0.2, 0) is 14.4 Å². The molecular formula is C17H33N3O3. The van der Waals surface area contributed by atoms with Crippen LogP contribution in [0.3, 0.4) is 0 Å². The van der Waals surface area contributed by atoms with Crippen molar-refractivity contribution in [3.05, 3.63) is 0 Å². The number of carbonyl (C=O) groups excluding carboxylic acids is 1. The first-order valence-electron chi connectivity index (χ1n) is 9.09. The summed E-state index contributed by atoms with van der Waals surface area (Å²) in [7, 11) is 3.56. The fourth-order valence-electron chi connectivity index (χ4n) is 3.64. The Kier molecular flexibility index (Phi) is 8.30. The second-order valence-corrected chi connectivity index (χ2v) is 6.84. The highest BCUT2D eigenvalue weighted by Gasteiger charge is 2.29. The maximum atomic E-state index is 12.4. The molecule has 2 aliphatic rings. The zero-order valence-electron chi connectivity index (χ0n) is 14.7. The maximum Gasteiger partial charge on any atom is 0.325 e. The van der Waals surface area contributed by atoms with E-state index in [0.29, 0.717) is 5.92 Å². The van der Waals surface area contributed by atoms with Crippen LogP contribution in [0.4, 0.5) is 0 Å². The zero-order chi connectivity index (χ0) is 16.5. The zero-order valence-corrected chi connectivity index (χ0v) is 14.7. The van der Waals surface area contributed by atoms with Crippen LogP contribution < -0.4 is 10.8 Å². The summed E-state index contributed by atoms with van der Waals surface area (Å²) in [6.45, 7) is 4.37. The highest BCUT2D eigenvalue weighted by Crippen LogP contribution is 2.25. The van der Waals surface area contributed by atoms with Gasteiger partial charge in [0.2, 0.25) is 0 Å². The first-order chi connectivity index (χ1) is 11.2. The topological polar surface area (TPSA) is 62.8 Å². The lowest BCUT2D eigenvalue weighted by molar-refractivity contribution is -0.156. The van der Waals surface area contributed by atoms with Crippen molar-refractivity contribution in [2.45, 2.75) is 57.1 Å². The number of hydrogen-bond acceptors (Lipinski definition) is 6. The molecule has 0 aromatic heterocycles. The number of nitrogens with one attached hydrogen (secondary N) is 2. The largest absolute Gasteiger partial charge is 0.461 e. The van der Waals surface area contributed by atoms with Crippen molar-refractivity contribution >= 4 is 5.97 Å². The number of piperidine rings is 1. The molecule has 6 nitrogen and oxygen atoms in total. The van der Waals surface area contributed by atoms with Crippen LogP contribution in [0.1, 0.15) is 44.9 Å². The molecule has 1 aliphatic heterocycles. The number of carbonyl (C=O) groups is 1. The molecule has 0 aromatic carbocycles. The smallest absolute Gasteiger partial charge is 0.325 e. The quantitative estimate of drug-likeness (QED) is 0.492. The summed E-state index contributed by atoms with van der Waals surface area (Å²) in [5.74, 6) is 0.418. The average molecular weight is 327 g/mol. The summed E-state index contributed by atoms with van der Waals surface area (Å²) < 4.78 is 5.64. The molecule has 0 bridgehead atoms. The Morgan fingerprint density at radius 2 is 1.91 bits per heavy atom. The predicted octanol–water partition coefficient (Wildman–Crippen LogP) is 1.31. The van der Waals surface area contributed by atoms with Gasteiger partial charge in [-0.15, -0.1) is 0 Å². The van der Waals surface area contributed by atoms with E-state index in [1.165, 1.54) is 12.8 Å². The summed E-state index contributed by atoms with van der Waals surface area (Å²) in [4.78, 5) is 19.9. The number of hydrogen-bond donors (Lipinski definition) is 2. The van der Waals surface area contributed by atoms with Crippen LogP contribution in [0.2, 0.25) is 0 Å². The fraction of sp³-hybridized carbons (Fsp3) is 0.941. The van der Waals surface area contributed by atoms with Crippen molar-refractivity contribution < 1.29 is 14.4 Å². The highest BCUT2D eigenvalue weighted by atomic mass is 16.6. The molecule has 1 saturated heterocycles. The summed E-state index contributed by atoms with van der Waals surface area (Å²) in [6.07, 6.45) is 7.57. The van der Waals surface area contributed by atoms with Gasteiger partial charge in [0.1, 0.15) is 12.1 Å². The van der Waals surface area contributed by atoms with Gasteiger partial charge in [0.25, 0.3) is 0 Å². The molecular weight excluding hydrogens is 294 g/mol. The number of likely N-dealkylation sites (tertiary alicyclic amines) is 1. The van der Waals surface area contributed by atoms with Gasteiger partial charge in [-0.25, -0.2) is 0 Å². The number of esters is 1. The summed E-state index contributed by atoms with van der Waals surface area (Å²) in [5, 5.41) is 3.19. The van der Waals surface area contributed by atoms with Gasteiger partial charge in [-0.3, -0.25) is 4.79 Å². The van der Waals surface area contributed by atoms with E-state index in [0.717, 1.165) is 58.3 Å². The Bertz CT molecular complexity index is 340. The summed E-state index contributed by atoms with van der Waals surface area (Å²) >= 11 is 0. The molecule has 134 valence electrons. The number of likely N-dealkylation sites (N-methyl/N-ethyl adjacent to an activating group) is 1. The molecule has 1 aliphatic carbocycles. The van der Waals surface area contributed by atoms with Crippen LogP contribution in [0.15, 0.2) is 0 Å². The third-order valence-corrected chi connectivity index (χ3v) is 5.08. The Labute approximate surface area is 140 Å². The highest BCUT2D eigenvalue weighted by molar-refractivity contribution is 5.75. The Morgan fingerprint density at radius 1 is 1.22 bits per heavy atom. The second kappa shape index (κ2) is 10.2. The van der Waals surface area contributed by atoms with Crippen LogP contribution in [-0.4, -0.2) is 63.4 Å². The molecule has 1 saturated carbocycles. The standard InChI is InChI=1S/C17H33N3O3/c1-18-9-12-20-10-7-14(8-11-20)13-16(19-22-2)17(21)23-15-5-3-4-6-15/h14-16,18-19H,3-13H2,1-2H3. The van der Waals surface area contributed by atoms with E-state index in [1.54, 1.807) is 7.11 Å². The van der Waals surface area contributed by atoms with Crippen molar-refractivity contribution in [2.24, 2.45) is 5.92 Å². The lowest BCUT2D eigenvalue weighted by Crippen LogP contribution is -2.43. The Balaban J connectivity index is 1.74. The van der Waals surface area contributed by atoms with Crippen LogP contribution >= 0.6 is 0 Å². The fourth-order valence-corrected chi connectivity index (χ4v) is 3.64. The van der Waals surface area contributed by atoms with E-state index in [-0.39, 0.29) is 18.1 Å². The van der Waals surface area contributed by atoms with Crippen LogP contribution in [0.5, 0.6) is 0 Å². The van der Waals surface area contributed by atoms with Crippen molar-refractivity contribution in [1.82, 2.24) is 15.7 Å². The predicted molar refractivity (Wildman–Crippen MR) is 90.0 cm³/mol. The molecule has 2 rings (SSSR count). The first kappa shape index (κ1) is 18.6. The first-order valence-corrected chi connectivity index (χ1v) is 9.09. The third kappa shape index (κ3) is 6.37.